The number of carbonyl (C=O) groups is 1. The Balaban J connectivity index is 1.77. The number of halogens is 4. The minimum absolute atomic E-state index is 0.0856. The Morgan fingerprint density at radius 1 is 1.30 bits per heavy atom. The predicted molar refractivity (Wildman–Crippen MR) is 90.0 cm³/mol. The van der Waals surface area contributed by atoms with Gasteiger partial charge in [-0.2, -0.15) is 13.2 Å². The summed E-state index contributed by atoms with van der Waals surface area (Å²) >= 11 is 0. The summed E-state index contributed by atoms with van der Waals surface area (Å²) in [5.41, 5.74) is -2.33. The first-order valence-corrected chi connectivity index (χ1v) is 8.68. The van der Waals surface area contributed by atoms with Crippen LogP contribution in [0.3, 0.4) is 0 Å². The Labute approximate surface area is 152 Å². The van der Waals surface area contributed by atoms with E-state index < -0.39 is 35.4 Å². The fraction of sp³-hybridized carbons (Fsp3) is 0.556. The van der Waals surface area contributed by atoms with Gasteiger partial charge in [0.05, 0.1) is 18.0 Å². The number of aromatic nitrogens is 2. The molecule has 2 aromatic rings. The number of methoxy groups -OCH3 is 1. The first-order valence-electron chi connectivity index (χ1n) is 8.68. The molecule has 1 aliphatic carbocycles. The van der Waals surface area contributed by atoms with E-state index in [9.17, 15) is 22.4 Å². The molecule has 1 amide bonds. The number of alkyl halides is 3. The van der Waals surface area contributed by atoms with E-state index in [4.69, 9.17) is 4.74 Å². The van der Waals surface area contributed by atoms with Gasteiger partial charge in [0.2, 0.25) is 11.9 Å². The second-order valence-electron chi connectivity index (χ2n) is 7.85. The summed E-state index contributed by atoms with van der Waals surface area (Å²) < 4.78 is 60.9. The van der Waals surface area contributed by atoms with Gasteiger partial charge in [-0.05, 0) is 19.3 Å². The average Bonchev–Trinajstić information content (AvgIpc) is 2.79. The highest BCUT2D eigenvalue weighted by atomic mass is 19.4. The van der Waals surface area contributed by atoms with Crippen LogP contribution in [0.15, 0.2) is 12.1 Å². The minimum atomic E-state index is -4.50. The number of nitrogens with zero attached hydrogens (tertiary/aromatic N) is 3. The zero-order chi connectivity index (χ0) is 19.8. The number of fused-ring (bicyclic) bond motifs is 4. The third kappa shape index (κ3) is 2.29. The standard InChI is InChI=1S/C18H19F4N3O2/c1-16(2,18(20,21)22)9-13(26)25-15-23-14-11(19)7-10(27-3)8-12(14)24(15)17(25)5-4-6-17/h7-8H,4-6,9H2,1-3H3. The molecule has 1 spiro atoms. The number of hydrogen-bond acceptors (Lipinski definition) is 3. The van der Waals surface area contributed by atoms with Gasteiger partial charge in [-0.15, -0.1) is 0 Å². The number of carbonyl (C=O) groups excluding carboxylic acids is 1. The maximum atomic E-state index is 14.4. The van der Waals surface area contributed by atoms with Crippen molar-refractivity contribution in [2.45, 2.75) is 51.4 Å². The highest BCUT2D eigenvalue weighted by Gasteiger charge is 2.60. The minimum Gasteiger partial charge on any atom is -0.497 e. The summed E-state index contributed by atoms with van der Waals surface area (Å²) in [5.74, 6) is -0.726. The number of anilines is 1. The first kappa shape index (κ1) is 18.1. The summed E-state index contributed by atoms with van der Waals surface area (Å²) in [6, 6.07) is 2.83. The third-order valence-electron chi connectivity index (χ3n) is 5.70. The molecule has 2 heterocycles. The van der Waals surface area contributed by atoms with Gasteiger partial charge in [0, 0.05) is 18.6 Å². The van der Waals surface area contributed by atoms with Crippen molar-refractivity contribution in [1.29, 1.82) is 0 Å². The molecule has 0 unspecified atom stereocenters. The molecule has 1 aromatic heterocycles. The van der Waals surface area contributed by atoms with E-state index in [1.54, 1.807) is 10.6 Å². The zero-order valence-electron chi connectivity index (χ0n) is 15.2. The quantitative estimate of drug-likeness (QED) is 0.739. The van der Waals surface area contributed by atoms with Crippen LogP contribution in [0, 0.1) is 11.2 Å². The van der Waals surface area contributed by atoms with Crippen LogP contribution in [0.25, 0.3) is 11.0 Å². The number of imidazole rings is 1. The van der Waals surface area contributed by atoms with Crippen LogP contribution in [0.2, 0.25) is 0 Å². The van der Waals surface area contributed by atoms with Crippen molar-refractivity contribution in [3.8, 4) is 5.75 Å². The van der Waals surface area contributed by atoms with Crippen LogP contribution in [0.5, 0.6) is 5.75 Å². The van der Waals surface area contributed by atoms with Gasteiger partial charge in [-0.25, -0.2) is 9.37 Å². The van der Waals surface area contributed by atoms with Crippen LogP contribution in [0.1, 0.15) is 39.5 Å². The van der Waals surface area contributed by atoms with Crippen molar-refractivity contribution in [1.82, 2.24) is 9.55 Å². The molecule has 0 bridgehead atoms. The summed E-state index contributed by atoms with van der Waals surface area (Å²) in [6.07, 6.45) is -3.16. The van der Waals surface area contributed by atoms with Crippen molar-refractivity contribution in [3.05, 3.63) is 17.9 Å². The molecule has 5 nitrogen and oxygen atoms in total. The van der Waals surface area contributed by atoms with E-state index in [0.717, 1.165) is 20.3 Å². The lowest BCUT2D eigenvalue weighted by Crippen LogP contribution is -2.66. The molecule has 1 aromatic carbocycles. The smallest absolute Gasteiger partial charge is 0.394 e. The SMILES string of the molecule is COc1cc(F)c2nc3n(c2c1)C1(CCC1)N3C(=O)CC(C)(C)C(F)(F)F. The molecule has 27 heavy (non-hydrogen) atoms. The van der Waals surface area contributed by atoms with Gasteiger partial charge < -0.3 is 4.74 Å². The maximum Gasteiger partial charge on any atom is 0.394 e. The van der Waals surface area contributed by atoms with E-state index >= 15 is 0 Å². The van der Waals surface area contributed by atoms with Crippen molar-refractivity contribution >= 4 is 22.9 Å². The van der Waals surface area contributed by atoms with Gasteiger partial charge in [-0.1, -0.05) is 13.8 Å². The monoisotopic (exact) mass is 385 g/mol. The number of ether oxygens (including phenoxy) is 1. The predicted octanol–water partition coefficient (Wildman–Crippen LogP) is 4.35. The molecule has 0 radical (unpaired) electrons. The maximum absolute atomic E-state index is 14.4. The third-order valence-corrected chi connectivity index (χ3v) is 5.70. The Bertz CT molecular complexity index is 944. The lowest BCUT2D eigenvalue weighted by Gasteiger charge is -2.58. The van der Waals surface area contributed by atoms with E-state index in [-0.39, 0.29) is 11.5 Å². The number of hydrogen-bond donors (Lipinski definition) is 0. The summed E-state index contributed by atoms with van der Waals surface area (Å²) in [4.78, 5) is 18.3. The molecule has 2 aliphatic rings. The number of amides is 1. The van der Waals surface area contributed by atoms with Gasteiger partial charge in [-0.3, -0.25) is 14.3 Å². The topological polar surface area (TPSA) is 47.4 Å². The fourth-order valence-electron chi connectivity index (χ4n) is 3.86. The molecule has 1 aliphatic heterocycles. The Kier molecular flexibility index (Phi) is 3.58. The van der Waals surface area contributed by atoms with Crippen molar-refractivity contribution in [2.24, 2.45) is 5.41 Å². The second kappa shape index (κ2) is 5.36. The molecular formula is C18H19F4N3O2. The van der Waals surface area contributed by atoms with Crippen molar-refractivity contribution in [2.75, 3.05) is 12.0 Å². The highest BCUT2D eigenvalue weighted by Crippen LogP contribution is 2.56. The normalized spacial score (nSPS) is 18.3. The van der Waals surface area contributed by atoms with E-state index in [2.05, 4.69) is 4.98 Å². The Hall–Kier alpha value is -2.32. The zero-order valence-corrected chi connectivity index (χ0v) is 15.2. The van der Waals surface area contributed by atoms with Crippen molar-refractivity contribution < 1.29 is 27.1 Å². The Morgan fingerprint density at radius 2 is 1.96 bits per heavy atom. The Morgan fingerprint density at radius 3 is 2.48 bits per heavy atom. The first-order chi connectivity index (χ1) is 12.5. The van der Waals surface area contributed by atoms with Crippen LogP contribution < -0.4 is 9.64 Å². The molecule has 0 saturated heterocycles. The van der Waals surface area contributed by atoms with Crippen LogP contribution in [-0.2, 0) is 10.5 Å². The van der Waals surface area contributed by atoms with Crippen molar-refractivity contribution in [3.63, 3.8) is 0 Å². The molecule has 146 valence electrons. The van der Waals surface area contributed by atoms with E-state index in [0.29, 0.717) is 24.1 Å². The lowest BCUT2D eigenvalue weighted by molar-refractivity contribution is -0.214. The van der Waals surface area contributed by atoms with Crippen LogP contribution in [0.4, 0.5) is 23.5 Å². The lowest BCUT2D eigenvalue weighted by atomic mass is 9.78. The molecule has 0 N–H and O–H groups in total. The van der Waals surface area contributed by atoms with Crippen LogP contribution >= 0.6 is 0 Å². The van der Waals surface area contributed by atoms with E-state index in [1.807, 2.05) is 0 Å². The summed E-state index contributed by atoms with van der Waals surface area (Å²) in [7, 11) is 1.42. The molecule has 1 saturated carbocycles. The molecule has 4 rings (SSSR count). The van der Waals surface area contributed by atoms with Gasteiger partial charge in [0.15, 0.2) is 5.82 Å². The molecular weight excluding hydrogens is 366 g/mol. The molecule has 9 heteroatoms. The summed E-state index contributed by atoms with van der Waals surface area (Å²) in [5, 5.41) is 0. The molecule has 1 fully saturated rings. The second-order valence-corrected chi connectivity index (χ2v) is 7.85. The largest absolute Gasteiger partial charge is 0.497 e. The van der Waals surface area contributed by atoms with Gasteiger partial charge in [0.25, 0.3) is 0 Å². The van der Waals surface area contributed by atoms with Gasteiger partial charge >= 0.3 is 6.18 Å². The molecule has 0 atom stereocenters. The highest BCUT2D eigenvalue weighted by molar-refractivity contribution is 5.99. The number of benzene rings is 1. The van der Waals surface area contributed by atoms with Crippen LogP contribution in [-0.4, -0.2) is 28.7 Å². The number of rotatable bonds is 3. The fourth-order valence-corrected chi connectivity index (χ4v) is 3.86. The average molecular weight is 385 g/mol. The van der Waals surface area contributed by atoms with E-state index in [1.165, 1.54) is 18.1 Å². The summed E-state index contributed by atoms with van der Waals surface area (Å²) in [6.45, 7) is 2.01. The van der Waals surface area contributed by atoms with Gasteiger partial charge in [0.1, 0.15) is 16.9 Å².